The van der Waals surface area contributed by atoms with Crippen LogP contribution >= 0.6 is 0 Å². The lowest BCUT2D eigenvalue weighted by Gasteiger charge is -2.32. The molecule has 1 aliphatic rings. The van der Waals surface area contributed by atoms with E-state index in [1.165, 1.54) is 64.2 Å². The van der Waals surface area contributed by atoms with Crippen LogP contribution in [0.25, 0.3) is 0 Å². The van der Waals surface area contributed by atoms with Gasteiger partial charge in [-0.1, -0.05) is 108 Å². The quantitative estimate of drug-likeness (QED) is 0.0369. The molecule has 3 aromatic rings. The smallest absolute Gasteiger partial charge is 0.337 e. The Hall–Kier alpha value is -4.34. The normalized spacial score (nSPS) is 13.8. The van der Waals surface area contributed by atoms with E-state index in [2.05, 4.69) is 47.4 Å². The average Bonchev–Trinajstić information content (AvgIpc) is 3.21. The van der Waals surface area contributed by atoms with E-state index in [1.807, 2.05) is 101 Å². The number of hydrogen-bond donors (Lipinski definition) is 1. The van der Waals surface area contributed by atoms with Gasteiger partial charge in [0.25, 0.3) is 0 Å². The third kappa shape index (κ3) is 15.8. The van der Waals surface area contributed by atoms with Crippen molar-refractivity contribution in [3.8, 4) is 0 Å². The molecule has 0 unspecified atom stereocenters. The topological polar surface area (TPSA) is 72.4 Å². The molecule has 1 N–H and O–H groups in total. The van der Waals surface area contributed by atoms with E-state index in [9.17, 15) is 9.59 Å². The molecule has 0 radical (unpaired) electrons. The van der Waals surface area contributed by atoms with Gasteiger partial charge < -0.3 is 23.8 Å². The molecular formula is C49H75N5O4+4. The molecule has 0 fully saturated rings. The molecule has 0 saturated heterocycles. The number of carbonyl (C=O) groups is 2. The van der Waals surface area contributed by atoms with E-state index in [1.54, 1.807) is 0 Å². The molecule has 2 aromatic heterocycles. The molecule has 3 heterocycles. The minimum atomic E-state index is -0.697. The number of aromatic nitrogens is 2. The number of nitrogens with zero attached hydrogens (tertiary/aromatic N) is 4. The van der Waals surface area contributed by atoms with Crippen LogP contribution in [-0.2, 0) is 32.2 Å². The number of allylic oxidation sites excluding steroid dienone is 2. The number of rotatable bonds is 27. The molecule has 316 valence electrons. The van der Waals surface area contributed by atoms with Gasteiger partial charge in [-0.3, -0.25) is 0 Å². The van der Waals surface area contributed by atoms with Gasteiger partial charge in [0.05, 0.1) is 69.7 Å². The van der Waals surface area contributed by atoms with Crippen LogP contribution in [0.2, 0.25) is 0 Å². The molecule has 0 saturated carbocycles. The molecule has 9 nitrogen and oxygen atoms in total. The van der Waals surface area contributed by atoms with Gasteiger partial charge in [0.2, 0.25) is 0 Å². The molecule has 4 rings (SSSR count). The number of likely N-dealkylation sites (N-methyl/N-ethyl adjacent to an activating group) is 2. The highest BCUT2D eigenvalue weighted by Gasteiger charge is 2.42. The monoisotopic (exact) mass is 798 g/mol. The molecule has 1 aromatic carbocycles. The summed E-state index contributed by atoms with van der Waals surface area (Å²) in [6.45, 7) is 9.30. The van der Waals surface area contributed by atoms with Crippen LogP contribution in [0.5, 0.6) is 0 Å². The summed E-state index contributed by atoms with van der Waals surface area (Å²) in [5.41, 5.74) is 3.13. The molecule has 0 spiro atoms. The number of hydrogen-bond acceptors (Lipinski definition) is 5. The second-order valence-corrected chi connectivity index (χ2v) is 17.4. The standard InChI is InChI=1S/C49H74N5O4/c1-7-9-11-13-15-26-34-53(3,4)36-38-57-48(55)46-43(40-51-30-22-18-23-31-51)50-44(41-52-32-24-19-25-33-52)47(45(46)42-28-20-17-21-29-42)49(56)58-39-37-54(5,6)35-27-16-14-12-10-8-2/h17-25,28-33,45H,7-16,26-27,34-41H2,1-6H3/q+3/p+1. The molecule has 0 aliphatic carbocycles. The van der Waals surface area contributed by atoms with Crippen molar-refractivity contribution in [3.05, 3.63) is 120 Å². The first-order chi connectivity index (χ1) is 28.0. The van der Waals surface area contributed by atoms with Crippen LogP contribution in [-0.4, -0.2) is 88.5 Å². The Labute approximate surface area is 350 Å². The third-order valence-electron chi connectivity index (χ3n) is 11.4. The Balaban J connectivity index is 1.64. The van der Waals surface area contributed by atoms with Gasteiger partial charge in [-0.2, -0.15) is 9.13 Å². The summed E-state index contributed by atoms with van der Waals surface area (Å²) < 4.78 is 18.1. The van der Waals surface area contributed by atoms with Crippen LogP contribution < -0.4 is 14.5 Å². The third-order valence-corrected chi connectivity index (χ3v) is 11.4. The second kappa shape index (κ2) is 24.6. The number of benzene rings is 1. The van der Waals surface area contributed by atoms with E-state index in [4.69, 9.17) is 9.47 Å². The van der Waals surface area contributed by atoms with Crippen molar-refractivity contribution in [2.45, 2.75) is 110 Å². The van der Waals surface area contributed by atoms with Crippen molar-refractivity contribution < 1.29 is 37.2 Å². The fourth-order valence-corrected chi connectivity index (χ4v) is 7.75. The van der Waals surface area contributed by atoms with Gasteiger partial charge in [0.15, 0.2) is 37.9 Å². The maximum absolute atomic E-state index is 14.7. The minimum Gasteiger partial charge on any atom is -0.456 e. The van der Waals surface area contributed by atoms with Crippen molar-refractivity contribution in [1.29, 1.82) is 0 Å². The van der Waals surface area contributed by atoms with E-state index >= 15 is 0 Å². The maximum atomic E-state index is 14.7. The van der Waals surface area contributed by atoms with Crippen molar-refractivity contribution in [2.75, 3.05) is 67.6 Å². The van der Waals surface area contributed by atoms with Gasteiger partial charge in [-0.25, -0.2) is 9.59 Å². The lowest BCUT2D eigenvalue weighted by atomic mass is 9.80. The maximum Gasteiger partial charge on any atom is 0.337 e. The molecule has 0 amide bonds. The van der Waals surface area contributed by atoms with Gasteiger partial charge in [0, 0.05) is 24.3 Å². The predicted molar refractivity (Wildman–Crippen MR) is 232 cm³/mol. The predicted octanol–water partition coefficient (Wildman–Crippen LogP) is 7.82. The largest absolute Gasteiger partial charge is 0.456 e. The highest BCUT2D eigenvalue weighted by Crippen LogP contribution is 2.39. The average molecular weight is 798 g/mol. The molecule has 0 atom stereocenters. The number of quaternary nitrogens is 2. The fraction of sp³-hybridized carbons (Fsp3) is 0.551. The number of dihydropyridines is 1. The highest BCUT2D eigenvalue weighted by molar-refractivity contribution is 6.00. The number of carbonyl (C=O) groups excluding carboxylic acids is 2. The second-order valence-electron chi connectivity index (χ2n) is 17.4. The molecule has 1 aliphatic heterocycles. The summed E-state index contributed by atoms with van der Waals surface area (Å²) in [5.74, 6) is -1.53. The van der Waals surface area contributed by atoms with Crippen LogP contribution in [0.15, 0.2) is 114 Å². The van der Waals surface area contributed by atoms with Crippen LogP contribution in [0, 0.1) is 0 Å². The van der Waals surface area contributed by atoms with E-state index < -0.39 is 17.9 Å². The van der Waals surface area contributed by atoms with Gasteiger partial charge in [0.1, 0.15) is 26.3 Å². The minimum absolute atomic E-state index is 0.278. The Kier molecular flexibility index (Phi) is 19.6. The van der Waals surface area contributed by atoms with Gasteiger partial charge in [-0.15, -0.1) is 0 Å². The number of unbranched alkanes of at least 4 members (excludes halogenated alkanes) is 10. The Bertz CT molecular complexity index is 1620. The summed E-state index contributed by atoms with van der Waals surface area (Å²) in [6, 6.07) is 21.8. The summed E-state index contributed by atoms with van der Waals surface area (Å²) in [6.07, 6.45) is 22.9. The SMILES string of the molecule is CCCCCCCC[N+](C)(C)CCOC(=O)C1=C(C[n+]2ccccc2)NC(C[n+]2ccccc2)=C(C(=O)OCC[N+](C)(C)CCCCCCCC)C1c1ccccc1. The zero-order chi connectivity index (χ0) is 41.6. The zero-order valence-corrected chi connectivity index (χ0v) is 36.8. The van der Waals surface area contributed by atoms with Crippen molar-refractivity contribution >= 4 is 11.9 Å². The molecule has 9 heteroatoms. The fourth-order valence-electron chi connectivity index (χ4n) is 7.75. The van der Waals surface area contributed by atoms with Crippen molar-refractivity contribution in [3.63, 3.8) is 0 Å². The van der Waals surface area contributed by atoms with Crippen molar-refractivity contribution in [1.82, 2.24) is 5.32 Å². The van der Waals surface area contributed by atoms with Crippen LogP contribution in [0.3, 0.4) is 0 Å². The number of nitrogens with one attached hydrogen (secondary N) is 1. The van der Waals surface area contributed by atoms with Crippen molar-refractivity contribution in [2.24, 2.45) is 0 Å². The summed E-state index contributed by atoms with van der Waals surface area (Å²) in [4.78, 5) is 29.3. The Morgan fingerprint density at radius 1 is 0.534 bits per heavy atom. The molecule has 0 bridgehead atoms. The zero-order valence-electron chi connectivity index (χ0n) is 36.8. The molecular weight excluding hydrogens is 723 g/mol. The van der Waals surface area contributed by atoms with Gasteiger partial charge in [-0.05, 0) is 31.2 Å². The van der Waals surface area contributed by atoms with E-state index in [0.717, 1.165) is 40.5 Å². The lowest BCUT2D eigenvalue weighted by molar-refractivity contribution is -0.890. The first-order valence-corrected chi connectivity index (χ1v) is 22.2. The van der Waals surface area contributed by atoms with E-state index in [-0.39, 0.29) is 13.2 Å². The van der Waals surface area contributed by atoms with E-state index in [0.29, 0.717) is 48.7 Å². The number of ether oxygens (including phenoxy) is 2. The lowest BCUT2D eigenvalue weighted by Crippen LogP contribution is -2.46. The summed E-state index contributed by atoms with van der Waals surface area (Å²) in [7, 11) is 8.85. The molecule has 58 heavy (non-hydrogen) atoms. The van der Waals surface area contributed by atoms with Crippen LogP contribution in [0.4, 0.5) is 0 Å². The summed E-state index contributed by atoms with van der Waals surface area (Å²) >= 11 is 0. The Morgan fingerprint density at radius 3 is 1.33 bits per heavy atom. The first kappa shape index (κ1) is 46.4. The Morgan fingerprint density at radius 2 is 0.914 bits per heavy atom. The van der Waals surface area contributed by atoms with Crippen LogP contribution in [0.1, 0.15) is 102 Å². The highest BCUT2D eigenvalue weighted by atomic mass is 16.5. The number of pyridine rings is 2. The summed E-state index contributed by atoms with van der Waals surface area (Å²) in [5, 5.41) is 3.63. The van der Waals surface area contributed by atoms with Gasteiger partial charge >= 0.3 is 11.9 Å². The number of esters is 2. The first-order valence-electron chi connectivity index (χ1n) is 22.2.